The van der Waals surface area contributed by atoms with Gasteiger partial charge in [-0.3, -0.25) is 0 Å². The van der Waals surface area contributed by atoms with Gasteiger partial charge in [0.15, 0.2) is 0 Å². The average molecular weight is 147 g/mol. The Morgan fingerprint density at radius 3 is 2.40 bits per heavy atom. The van der Waals surface area contributed by atoms with E-state index in [2.05, 4.69) is 5.32 Å². The summed E-state index contributed by atoms with van der Waals surface area (Å²) in [5.74, 6) is 0. The van der Waals surface area contributed by atoms with Crippen LogP contribution < -0.4 is 5.32 Å². The highest BCUT2D eigenvalue weighted by Gasteiger charge is 2.04. The van der Waals surface area contributed by atoms with Gasteiger partial charge in [0.1, 0.15) is 0 Å². The highest BCUT2D eigenvalue weighted by Crippen LogP contribution is 1.86. The molecule has 10 heavy (non-hydrogen) atoms. The first-order chi connectivity index (χ1) is 4.70. The van der Waals surface area contributed by atoms with Gasteiger partial charge in [-0.15, -0.1) is 0 Å². The zero-order chi connectivity index (χ0) is 7.98. The van der Waals surface area contributed by atoms with Gasteiger partial charge < -0.3 is 15.2 Å². The lowest BCUT2D eigenvalue weighted by Crippen LogP contribution is -2.39. The van der Waals surface area contributed by atoms with Crippen LogP contribution in [0.1, 0.15) is 13.8 Å². The van der Waals surface area contributed by atoms with Crippen LogP contribution in [0.5, 0.6) is 0 Å². The van der Waals surface area contributed by atoms with Crippen molar-refractivity contribution in [1.29, 1.82) is 0 Å². The molecule has 0 heterocycles. The van der Waals surface area contributed by atoms with Crippen molar-refractivity contribution in [2.24, 2.45) is 0 Å². The molecule has 0 fully saturated rings. The predicted molar refractivity (Wildman–Crippen MR) is 41.0 cm³/mol. The minimum absolute atomic E-state index is 0.158. The fourth-order valence-corrected chi connectivity index (χ4v) is 0.837. The molecule has 62 valence electrons. The van der Waals surface area contributed by atoms with E-state index < -0.39 is 0 Å². The monoisotopic (exact) mass is 147 g/mol. The summed E-state index contributed by atoms with van der Waals surface area (Å²) in [7, 11) is 1.67. The lowest BCUT2D eigenvalue weighted by atomic mass is 10.3. The fourth-order valence-electron chi connectivity index (χ4n) is 0.837. The van der Waals surface area contributed by atoms with E-state index in [4.69, 9.17) is 9.84 Å². The van der Waals surface area contributed by atoms with E-state index in [1.807, 2.05) is 13.8 Å². The second-order valence-corrected chi connectivity index (χ2v) is 2.61. The quantitative estimate of drug-likeness (QED) is 0.575. The normalized spacial score (nSPS) is 16.8. The van der Waals surface area contributed by atoms with E-state index >= 15 is 0 Å². The van der Waals surface area contributed by atoms with E-state index in [1.54, 1.807) is 7.11 Å². The van der Waals surface area contributed by atoms with Crippen molar-refractivity contribution in [3.8, 4) is 0 Å². The number of nitrogens with one attached hydrogen (secondary N) is 1. The molecule has 0 aromatic heterocycles. The van der Waals surface area contributed by atoms with Crippen LogP contribution >= 0.6 is 0 Å². The van der Waals surface area contributed by atoms with Crippen molar-refractivity contribution >= 4 is 0 Å². The first kappa shape index (κ1) is 9.88. The average Bonchev–Trinajstić information content (AvgIpc) is 1.88. The maximum atomic E-state index is 8.65. The number of aliphatic hydroxyl groups excluding tert-OH is 1. The van der Waals surface area contributed by atoms with Crippen molar-refractivity contribution < 1.29 is 9.84 Å². The van der Waals surface area contributed by atoms with E-state index in [0.717, 1.165) is 0 Å². The molecule has 2 N–H and O–H groups in total. The van der Waals surface area contributed by atoms with E-state index in [1.165, 1.54) is 0 Å². The Balaban J connectivity index is 3.27. The third-order valence-electron chi connectivity index (χ3n) is 1.26. The molecular formula is C7H17NO2. The van der Waals surface area contributed by atoms with Crippen LogP contribution in [0.4, 0.5) is 0 Å². The van der Waals surface area contributed by atoms with Crippen LogP contribution in [-0.4, -0.2) is 37.5 Å². The molecule has 0 aliphatic carbocycles. The summed E-state index contributed by atoms with van der Waals surface area (Å²) in [6, 6.07) is 0.470. The van der Waals surface area contributed by atoms with Gasteiger partial charge in [0.25, 0.3) is 0 Å². The van der Waals surface area contributed by atoms with Crippen LogP contribution in [0.3, 0.4) is 0 Å². The number of aliphatic hydroxyl groups is 1. The number of hydrogen-bond acceptors (Lipinski definition) is 3. The third kappa shape index (κ3) is 4.73. The van der Waals surface area contributed by atoms with Gasteiger partial charge in [-0.25, -0.2) is 0 Å². The van der Waals surface area contributed by atoms with Crippen molar-refractivity contribution in [3.63, 3.8) is 0 Å². The Labute approximate surface area is 62.4 Å². The smallest absolute Gasteiger partial charge is 0.0613 e. The highest BCUT2D eigenvalue weighted by atomic mass is 16.5. The van der Waals surface area contributed by atoms with Crippen molar-refractivity contribution in [1.82, 2.24) is 5.32 Å². The van der Waals surface area contributed by atoms with Gasteiger partial charge in [0, 0.05) is 19.2 Å². The Morgan fingerprint density at radius 1 is 1.40 bits per heavy atom. The van der Waals surface area contributed by atoms with Gasteiger partial charge in [0.05, 0.1) is 13.2 Å². The summed E-state index contributed by atoms with van der Waals surface area (Å²) in [6.07, 6.45) is 0. The molecule has 3 heteroatoms. The van der Waals surface area contributed by atoms with Gasteiger partial charge in [-0.1, -0.05) is 0 Å². The predicted octanol–water partition coefficient (Wildman–Crippen LogP) is -0.00830. The van der Waals surface area contributed by atoms with Crippen LogP contribution in [0, 0.1) is 0 Å². The summed E-state index contributed by atoms with van der Waals surface area (Å²) in [4.78, 5) is 0. The first-order valence-electron chi connectivity index (χ1n) is 3.56. The Morgan fingerprint density at radius 2 is 2.00 bits per heavy atom. The SMILES string of the molecule is COCC(C)NC(C)CO. The zero-order valence-electron chi connectivity index (χ0n) is 6.92. The standard InChI is InChI=1S/C7H17NO2/c1-6(4-9)8-7(2)5-10-3/h6-9H,4-5H2,1-3H3. The molecule has 0 aromatic carbocycles. The first-order valence-corrected chi connectivity index (χ1v) is 3.56. The van der Waals surface area contributed by atoms with E-state index in [9.17, 15) is 0 Å². The zero-order valence-corrected chi connectivity index (χ0v) is 6.92. The molecule has 0 bridgehead atoms. The molecule has 0 spiro atoms. The molecule has 0 rings (SSSR count). The van der Waals surface area contributed by atoms with Crippen LogP contribution in [0.25, 0.3) is 0 Å². The maximum Gasteiger partial charge on any atom is 0.0613 e. The van der Waals surface area contributed by atoms with E-state index in [0.29, 0.717) is 12.6 Å². The van der Waals surface area contributed by atoms with Gasteiger partial charge >= 0.3 is 0 Å². The van der Waals surface area contributed by atoms with Crippen LogP contribution in [0.2, 0.25) is 0 Å². The summed E-state index contributed by atoms with van der Waals surface area (Å²) < 4.78 is 4.90. The molecule has 3 nitrogen and oxygen atoms in total. The van der Waals surface area contributed by atoms with Gasteiger partial charge in [-0.2, -0.15) is 0 Å². The largest absolute Gasteiger partial charge is 0.395 e. The maximum absolute atomic E-state index is 8.65. The molecule has 0 saturated heterocycles. The number of ether oxygens (including phenoxy) is 1. The van der Waals surface area contributed by atoms with Crippen LogP contribution in [0.15, 0.2) is 0 Å². The van der Waals surface area contributed by atoms with Gasteiger partial charge in [-0.05, 0) is 13.8 Å². The molecule has 0 radical (unpaired) electrons. The third-order valence-corrected chi connectivity index (χ3v) is 1.26. The summed E-state index contributed by atoms with van der Waals surface area (Å²) >= 11 is 0. The van der Waals surface area contributed by atoms with Crippen molar-refractivity contribution in [3.05, 3.63) is 0 Å². The highest BCUT2D eigenvalue weighted by molar-refractivity contribution is 4.64. The summed E-state index contributed by atoms with van der Waals surface area (Å²) in [5, 5.41) is 11.8. The number of hydrogen-bond donors (Lipinski definition) is 2. The van der Waals surface area contributed by atoms with E-state index in [-0.39, 0.29) is 12.6 Å². The second-order valence-electron chi connectivity index (χ2n) is 2.61. The Bertz CT molecular complexity index is 78.0. The summed E-state index contributed by atoms with van der Waals surface area (Å²) in [5.41, 5.74) is 0. The van der Waals surface area contributed by atoms with Gasteiger partial charge in [0.2, 0.25) is 0 Å². The van der Waals surface area contributed by atoms with Crippen molar-refractivity contribution in [2.45, 2.75) is 25.9 Å². The molecular weight excluding hydrogens is 130 g/mol. The Kier molecular flexibility index (Phi) is 5.58. The Hall–Kier alpha value is -0.120. The molecule has 2 atom stereocenters. The minimum atomic E-state index is 0.158. The summed E-state index contributed by atoms with van der Waals surface area (Å²) in [6.45, 7) is 4.82. The lowest BCUT2D eigenvalue weighted by Gasteiger charge is -2.16. The lowest BCUT2D eigenvalue weighted by molar-refractivity contribution is 0.157. The van der Waals surface area contributed by atoms with Crippen molar-refractivity contribution in [2.75, 3.05) is 20.3 Å². The topological polar surface area (TPSA) is 41.5 Å². The second kappa shape index (κ2) is 5.65. The molecule has 0 amide bonds. The molecule has 0 aliphatic heterocycles. The minimum Gasteiger partial charge on any atom is -0.395 e. The number of rotatable bonds is 5. The molecule has 0 aromatic rings. The molecule has 0 saturated carbocycles. The number of methoxy groups -OCH3 is 1. The molecule has 2 unspecified atom stereocenters. The fraction of sp³-hybridized carbons (Fsp3) is 1.00. The molecule has 0 aliphatic rings. The van der Waals surface area contributed by atoms with Crippen LogP contribution in [-0.2, 0) is 4.74 Å².